The summed E-state index contributed by atoms with van der Waals surface area (Å²) in [6.07, 6.45) is 3.85. The van der Waals surface area contributed by atoms with Gasteiger partial charge in [0.05, 0.1) is 12.5 Å². The van der Waals surface area contributed by atoms with E-state index in [1.807, 2.05) is 18.2 Å². The summed E-state index contributed by atoms with van der Waals surface area (Å²) in [4.78, 5) is 12.1. The molecule has 1 unspecified atom stereocenters. The van der Waals surface area contributed by atoms with Crippen LogP contribution in [-0.4, -0.2) is 18.6 Å². The van der Waals surface area contributed by atoms with E-state index in [4.69, 9.17) is 4.74 Å². The van der Waals surface area contributed by atoms with Crippen LogP contribution in [0.3, 0.4) is 0 Å². The van der Waals surface area contributed by atoms with Gasteiger partial charge >= 0.3 is 0 Å². The summed E-state index contributed by atoms with van der Waals surface area (Å²) in [5.41, 5.74) is 2.11. The maximum absolute atomic E-state index is 12.1. The Kier molecular flexibility index (Phi) is 4.97. The van der Waals surface area contributed by atoms with Crippen LogP contribution in [0.5, 0.6) is 0 Å². The molecule has 1 N–H and O–H groups in total. The van der Waals surface area contributed by atoms with Gasteiger partial charge in [-0.25, -0.2) is 0 Å². The van der Waals surface area contributed by atoms with Gasteiger partial charge in [-0.3, -0.25) is 4.79 Å². The largest absolute Gasteiger partial charge is 0.378 e. The van der Waals surface area contributed by atoms with E-state index in [9.17, 15) is 4.79 Å². The van der Waals surface area contributed by atoms with E-state index in [2.05, 4.69) is 25.2 Å². The Morgan fingerprint density at radius 2 is 2.16 bits per heavy atom. The Morgan fingerprint density at radius 1 is 1.37 bits per heavy atom. The predicted octanol–water partition coefficient (Wildman–Crippen LogP) is 3.71. The van der Waals surface area contributed by atoms with Crippen molar-refractivity contribution >= 4 is 11.6 Å². The number of carbonyl (C=O) groups excluding carboxylic acids is 1. The van der Waals surface area contributed by atoms with E-state index in [0.717, 1.165) is 25.1 Å². The van der Waals surface area contributed by atoms with Crippen molar-refractivity contribution in [1.29, 1.82) is 0 Å². The molecule has 1 aliphatic heterocycles. The van der Waals surface area contributed by atoms with Crippen molar-refractivity contribution in [2.24, 2.45) is 0 Å². The third kappa shape index (κ3) is 4.06. The van der Waals surface area contributed by atoms with Crippen LogP contribution in [0.2, 0.25) is 0 Å². The van der Waals surface area contributed by atoms with Gasteiger partial charge in [0.25, 0.3) is 0 Å². The number of amides is 1. The predicted molar refractivity (Wildman–Crippen MR) is 77.4 cm³/mol. The number of carbonyl (C=O) groups is 1. The molecule has 104 valence electrons. The highest BCUT2D eigenvalue weighted by atomic mass is 16.5. The number of anilines is 1. The standard InChI is InChI=1S/C16H23NO2/c1-12(2)14-8-3-4-9-15(14)17-16(18)11-13-7-5-6-10-19-13/h3-4,8-9,12-13H,5-7,10-11H2,1-2H3,(H,17,18). The van der Waals surface area contributed by atoms with Crippen LogP contribution in [0.25, 0.3) is 0 Å². The zero-order valence-corrected chi connectivity index (χ0v) is 11.8. The van der Waals surface area contributed by atoms with Crippen molar-refractivity contribution in [3.8, 4) is 0 Å². The summed E-state index contributed by atoms with van der Waals surface area (Å²) in [6, 6.07) is 8.00. The summed E-state index contributed by atoms with van der Waals surface area (Å²) in [6.45, 7) is 5.06. The minimum atomic E-state index is 0.0556. The minimum absolute atomic E-state index is 0.0556. The van der Waals surface area contributed by atoms with Crippen LogP contribution in [0.4, 0.5) is 5.69 Å². The Bertz CT molecular complexity index is 423. The third-order valence-corrected chi connectivity index (χ3v) is 3.54. The van der Waals surface area contributed by atoms with E-state index in [-0.39, 0.29) is 12.0 Å². The number of benzene rings is 1. The molecule has 3 heteroatoms. The first kappa shape index (κ1) is 14.1. The molecule has 1 amide bonds. The van der Waals surface area contributed by atoms with Gasteiger partial charge in [0.15, 0.2) is 0 Å². The van der Waals surface area contributed by atoms with Crippen LogP contribution >= 0.6 is 0 Å². The molecule has 1 aromatic carbocycles. The van der Waals surface area contributed by atoms with Gasteiger partial charge in [0.2, 0.25) is 5.91 Å². The van der Waals surface area contributed by atoms with Crippen molar-refractivity contribution in [2.75, 3.05) is 11.9 Å². The second-order valence-corrected chi connectivity index (χ2v) is 5.48. The summed E-state index contributed by atoms with van der Waals surface area (Å²) >= 11 is 0. The maximum atomic E-state index is 12.1. The Morgan fingerprint density at radius 3 is 2.84 bits per heavy atom. The van der Waals surface area contributed by atoms with Crippen LogP contribution in [0, 0.1) is 0 Å². The molecule has 0 radical (unpaired) electrons. The monoisotopic (exact) mass is 261 g/mol. The van der Waals surface area contributed by atoms with E-state index in [1.54, 1.807) is 0 Å². The van der Waals surface area contributed by atoms with Gasteiger partial charge in [0, 0.05) is 12.3 Å². The number of hydrogen-bond acceptors (Lipinski definition) is 2. The highest BCUT2D eigenvalue weighted by Crippen LogP contribution is 2.24. The molecule has 1 fully saturated rings. The van der Waals surface area contributed by atoms with Gasteiger partial charge in [-0.1, -0.05) is 32.0 Å². The first-order valence-electron chi connectivity index (χ1n) is 7.17. The maximum Gasteiger partial charge on any atom is 0.226 e. The molecule has 1 atom stereocenters. The topological polar surface area (TPSA) is 38.3 Å². The molecular formula is C16H23NO2. The lowest BCUT2D eigenvalue weighted by atomic mass is 10.0. The lowest BCUT2D eigenvalue weighted by Gasteiger charge is -2.22. The van der Waals surface area contributed by atoms with Gasteiger partial charge in [0.1, 0.15) is 0 Å². The van der Waals surface area contributed by atoms with Crippen molar-refractivity contribution in [1.82, 2.24) is 0 Å². The zero-order valence-electron chi connectivity index (χ0n) is 11.8. The first-order valence-corrected chi connectivity index (χ1v) is 7.17. The summed E-state index contributed by atoms with van der Waals surface area (Å²) in [5.74, 6) is 0.461. The smallest absolute Gasteiger partial charge is 0.226 e. The van der Waals surface area contributed by atoms with E-state index < -0.39 is 0 Å². The molecule has 19 heavy (non-hydrogen) atoms. The van der Waals surface area contributed by atoms with Crippen LogP contribution in [0.1, 0.15) is 51.0 Å². The fourth-order valence-electron chi connectivity index (χ4n) is 2.49. The Labute approximate surface area is 115 Å². The van der Waals surface area contributed by atoms with E-state index >= 15 is 0 Å². The number of hydrogen-bond donors (Lipinski definition) is 1. The SMILES string of the molecule is CC(C)c1ccccc1NC(=O)CC1CCCCO1. The first-order chi connectivity index (χ1) is 9.16. The van der Waals surface area contributed by atoms with E-state index in [1.165, 1.54) is 12.0 Å². The molecule has 1 heterocycles. The van der Waals surface area contributed by atoms with Gasteiger partial charge in [-0.15, -0.1) is 0 Å². The molecule has 2 rings (SSSR count). The van der Waals surface area contributed by atoms with Crippen molar-refractivity contribution in [2.45, 2.75) is 51.6 Å². The van der Waals surface area contributed by atoms with Gasteiger partial charge < -0.3 is 10.1 Å². The lowest BCUT2D eigenvalue weighted by Crippen LogP contribution is -2.25. The molecule has 1 aliphatic rings. The van der Waals surface area contributed by atoms with Crippen molar-refractivity contribution in [3.63, 3.8) is 0 Å². The number of ether oxygens (including phenoxy) is 1. The second-order valence-electron chi connectivity index (χ2n) is 5.48. The molecule has 0 spiro atoms. The lowest BCUT2D eigenvalue weighted by molar-refractivity contribution is -0.119. The summed E-state index contributed by atoms with van der Waals surface area (Å²) in [7, 11) is 0. The molecular weight excluding hydrogens is 238 g/mol. The van der Waals surface area contributed by atoms with Gasteiger partial charge in [-0.2, -0.15) is 0 Å². The highest BCUT2D eigenvalue weighted by Gasteiger charge is 2.18. The van der Waals surface area contributed by atoms with Crippen molar-refractivity contribution < 1.29 is 9.53 Å². The number of rotatable bonds is 4. The third-order valence-electron chi connectivity index (χ3n) is 3.54. The Hall–Kier alpha value is -1.35. The average molecular weight is 261 g/mol. The van der Waals surface area contributed by atoms with Crippen LogP contribution < -0.4 is 5.32 Å². The molecule has 0 saturated carbocycles. The highest BCUT2D eigenvalue weighted by molar-refractivity contribution is 5.91. The number of para-hydroxylation sites is 1. The van der Waals surface area contributed by atoms with Crippen LogP contribution in [-0.2, 0) is 9.53 Å². The molecule has 1 aromatic rings. The second kappa shape index (κ2) is 6.71. The average Bonchev–Trinajstić information content (AvgIpc) is 2.40. The Balaban J connectivity index is 1.94. The van der Waals surface area contributed by atoms with Crippen molar-refractivity contribution in [3.05, 3.63) is 29.8 Å². The van der Waals surface area contributed by atoms with Gasteiger partial charge in [-0.05, 0) is 36.8 Å². The van der Waals surface area contributed by atoms with Crippen LogP contribution in [0.15, 0.2) is 24.3 Å². The fraction of sp³-hybridized carbons (Fsp3) is 0.562. The van der Waals surface area contributed by atoms with E-state index in [0.29, 0.717) is 12.3 Å². The summed E-state index contributed by atoms with van der Waals surface area (Å²) < 4.78 is 5.60. The zero-order chi connectivity index (χ0) is 13.7. The quantitative estimate of drug-likeness (QED) is 0.897. The normalized spacial score (nSPS) is 19.4. The molecule has 0 aliphatic carbocycles. The molecule has 1 saturated heterocycles. The fourth-order valence-corrected chi connectivity index (χ4v) is 2.49. The minimum Gasteiger partial charge on any atom is -0.378 e. The number of nitrogens with one attached hydrogen (secondary N) is 1. The summed E-state index contributed by atoms with van der Waals surface area (Å²) in [5, 5.41) is 3.02. The molecule has 0 bridgehead atoms. The molecule has 0 aromatic heterocycles. The molecule has 3 nitrogen and oxygen atoms in total.